The second kappa shape index (κ2) is 4.14. The van der Waals surface area contributed by atoms with Crippen LogP contribution in [0.25, 0.3) is 0 Å². The van der Waals surface area contributed by atoms with Gasteiger partial charge in [0.1, 0.15) is 0 Å². The molecule has 2 rings (SSSR count). The number of primary amides is 1. The van der Waals surface area contributed by atoms with Crippen LogP contribution in [0.2, 0.25) is 0 Å². The second-order valence-corrected chi connectivity index (χ2v) is 3.44. The zero-order valence-electron chi connectivity index (χ0n) is 8.60. The number of carbonyl (C=O) groups excluding carboxylic acids is 1. The molecule has 0 spiro atoms. The summed E-state index contributed by atoms with van der Waals surface area (Å²) in [6.45, 7) is 3.73. The molecule has 81 valence electrons. The normalized spacial score (nSPS) is 10.3. The number of nitrogens with one attached hydrogen (secondary N) is 1. The van der Waals surface area contributed by atoms with Crippen LogP contribution < -0.4 is 5.73 Å². The summed E-state index contributed by atoms with van der Waals surface area (Å²) in [5.74, 6) is -0.436. The van der Waals surface area contributed by atoms with Crippen LogP contribution in [0, 0.1) is 6.92 Å². The van der Waals surface area contributed by atoms with Gasteiger partial charge >= 0.3 is 0 Å². The van der Waals surface area contributed by atoms with Gasteiger partial charge in [-0.15, -0.1) is 5.10 Å². The van der Waals surface area contributed by atoms with Gasteiger partial charge in [-0.2, -0.15) is 0 Å². The highest BCUT2D eigenvalue weighted by Crippen LogP contribution is 2.13. The summed E-state index contributed by atoms with van der Waals surface area (Å²) in [6, 6.07) is 7.18. The fourth-order valence-electron chi connectivity index (χ4n) is 1.52. The Bertz CT molecular complexity index is 518. The van der Waals surface area contributed by atoms with Crippen molar-refractivity contribution in [3.05, 3.63) is 53.7 Å². The molecular formula is C11H11N4O. The number of carbonyl (C=O) groups is 1. The van der Waals surface area contributed by atoms with Crippen LogP contribution in [0.15, 0.2) is 24.3 Å². The van der Waals surface area contributed by atoms with Gasteiger partial charge in [-0.3, -0.25) is 9.89 Å². The number of nitrogens with two attached hydrogens (primary N) is 1. The molecular weight excluding hydrogens is 204 g/mol. The largest absolute Gasteiger partial charge is 0.366 e. The van der Waals surface area contributed by atoms with E-state index < -0.39 is 5.91 Å². The van der Waals surface area contributed by atoms with E-state index in [1.165, 1.54) is 0 Å². The van der Waals surface area contributed by atoms with Crippen molar-refractivity contribution in [1.29, 1.82) is 0 Å². The van der Waals surface area contributed by atoms with Crippen molar-refractivity contribution < 1.29 is 4.79 Å². The zero-order chi connectivity index (χ0) is 11.5. The lowest BCUT2D eigenvalue weighted by Crippen LogP contribution is -2.14. The molecule has 1 aromatic carbocycles. The van der Waals surface area contributed by atoms with E-state index in [1.807, 2.05) is 12.1 Å². The van der Waals surface area contributed by atoms with Gasteiger partial charge in [0.25, 0.3) is 0 Å². The molecule has 1 radical (unpaired) electrons. The highest BCUT2D eigenvalue weighted by Gasteiger charge is 2.10. The number of benzene rings is 1. The molecule has 1 heterocycles. The van der Waals surface area contributed by atoms with E-state index in [2.05, 4.69) is 22.3 Å². The maximum atomic E-state index is 11.2. The Morgan fingerprint density at radius 3 is 2.81 bits per heavy atom. The monoisotopic (exact) mass is 215 g/mol. The fourth-order valence-corrected chi connectivity index (χ4v) is 1.52. The van der Waals surface area contributed by atoms with Crippen LogP contribution in [0.1, 0.15) is 27.3 Å². The van der Waals surface area contributed by atoms with Crippen LogP contribution in [0.3, 0.4) is 0 Å². The van der Waals surface area contributed by atoms with Gasteiger partial charge in [-0.05, 0) is 18.6 Å². The third kappa shape index (κ3) is 1.93. The molecule has 0 saturated heterocycles. The van der Waals surface area contributed by atoms with Crippen molar-refractivity contribution in [3.63, 3.8) is 0 Å². The van der Waals surface area contributed by atoms with E-state index in [4.69, 9.17) is 5.73 Å². The minimum atomic E-state index is -0.436. The van der Waals surface area contributed by atoms with E-state index in [0.29, 0.717) is 17.7 Å². The summed E-state index contributed by atoms with van der Waals surface area (Å²) in [5, 5.41) is 10.1. The summed E-state index contributed by atoms with van der Waals surface area (Å²) in [7, 11) is 0. The molecule has 0 aliphatic rings. The maximum absolute atomic E-state index is 11.2. The van der Waals surface area contributed by atoms with Crippen molar-refractivity contribution in [2.24, 2.45) is 5.73 Å². The maximum Gasteiger partial charge on any atom is 0.248 e. The Labute approximate surface area is 92.7 Å². The molecule has 3 N–H and O–H groups in total. The Morgan fingerprint density at radius 1 is 1.44 bits per heavy atom. The number of rotatable bonds is 3. The molecule has 5 heteroatoms. The minimum Gasteiger partial charge on any atom is -0.366 e. The summed E-state index contributed by atoms with van der Waals surface area (Å²) < 4.78 is 0. The number of aromatic amines is 1. The average Bonchev–Trinajstić information content (AvgIpc) is 2.65. The Balaban J connectivity index is 2.35. The van der Waals surface area contributed by atoms with Gasteiger partial charge in [-0.1, -0.05) is 23.4 Å². The van der Waals surface area contributed by atoms with Gasteiger partial charge in [0.05, 0.1) is 11.4 Å². The molecule has 0 aliphatic heterocycles. The van der Waals surface area contributed by atoms with Crippen molar-refractivity contribution in [2.45, 2.75) is 6.42 Å². The molecule has 1 aromatic heterocycles. The molecule has 0 bridgehead atoms. The quantitative estimate of drug-likeness (QED) is 0.789. The summed E-state index contributed by atoms with van der Waals surface area (Å²) in [6.07, 6.45) is 0.519. The Morgan fingerprint density at radius 2 is 2.19 bits per heavy atom. The summed E-state index contributed by atoms with van der Waals surface area (Å²) in [5.41, 5.74) is 8.00. The number of aromatic nitrogens is 3. The lowest BCUT2D eigenvalue weighted by atomic mass is 10.0. The Kier molecular flexibility index (Phi) is 2.68. The lowest BCUT2D eigenvalue weighted by molar-refractivity contribution is 0.0999. The van der Waals surface area contributed by atoms with E-state index in [9.17, 15) is 4.79 Å². The fraction of sp³-hybridized carbons (Fsp3) is 0.0909. The third-order valence-electron chi connectivity index (χ3n) is 2.35. The van der Waals surface area contributed by atoms with E-state index in [-0.39, 0.29) is 0 Å². The number of H-pyrrole nitrogens is 1. The third-order valence-corrected chi connectivity index (χ3v) is 2.35. The number of hydrogen-bond donors (Lipinski definition) is 2. The number of nitrogens with zero attached hydrogens (tertiary/aromatic N) is 2. The van der Waals surface area contributed by atoms with Gasteiger partial charge in [0.15, 0.2) is 0 Å². The van der Waals surface area contributed by atoms with Gasteiger partial charge in [0.2, 0.25) is 5.91 Å². The highest BCUT2D eigenvalue weighted by molar-refractivity contribution is 5.94. The van der Waals surface area contributed by atoms with Crippen LogP contribution in [0.4, 0.5) is 0 Å². The first kappa shape index (κ1) is 10.4. The number of hydrogen-bond acceptors (Lipinski definition) is 3. The molecule has 0 aliphatic carbocycles. The van der Waals surface area contributed by atoms with Crippen LogP contribution in [-0.2, 0) is 6.42 Å². The zero-order valence-corrected chi connectivity index (χ0v) is 8.60. The second-order valence-electron chi connectivity index (χ2n) is 3.44. The summed E-state index contributed by atoms with van der Waals surface area (Å²) >= 11 is 0. The van der Waals surface area contributed by atoms with E-state index in [1.54, 1.807) is 12.1 Å². The standard InChI is InChI=1S/C11H11N4O/c1-7-10(14-15-13-7)6-8-4-2-3-5-9(8)11(12)16/h2-5H,1,6H2,(H2,12,16)(H,13,14,15). The van der Waals surface area contributed by atoms with Crippen molar-refractivity contribution in [2.75, 3.05) is 0 Å². The number of amides is 1. The smallest absolute Gasteiger partial charge is 0.248 e. The first-order valence-corrected chi connectivity index (χ1v) is 4.78. The lowest BCUT2D eigenvalue weighted by Gasteiger charge is -2.04. The van der Waals surface area contributed by atoms with Crippen molar-refractivity contribution >= 4 is 5.91 Å². The predicted octanol–water partition coefficient (Wildman–Crippen LogP) is 0.677. The minimum absolute atomic E-state index is 0.436. The van der Waals surface area contributed by atoms with Gasteiger partial charge in [-0.25, -0.2) is 0 Å². The van der Waals surface area contributed by atoms with Crippen molar-refractivity contribution in [1.82, 2.24) is 15.4 Å². The summed E-state index contributed by atoms with van der Waals surface area (Å²) in [4.78, 5) is 11.2. The molecule has 16 heavy (non-hydrogen) atoms. The molecule has 1 amide bonds. The molecule has 2 aromatic rings. The Hall–Kier alpha value is -2.17. The highest BCUT2D eigenvalue weighted by atomic mass is 16.1. The molecule has 0 atom stereocenters. The van der Waals surface area contributed by atoms with Gasteiger partial charge < -0.3 is 5.73 Å². The SMILES string of the molecule is [CH2]c1nn[nH]c1Cc1ccccc1C(N)=O. The first-order valence-electron chi connectivity index (χ1n) is 4.78. The molecule has 0 saturated carbocycles. The van der Waals surface area contributed by atoms with E-state index >= 15 is 0 Å². The van der Waals surface area contributed by atoms with Crippen molar-refractivity contribution in [3.8, 4) is 0 Å². The predicted molar refractivity (Wildman–Crippen MR) is 58.6 cm³/mol. The van der Waals surface area contributed by atoms with Crippen LogP contribution >= 0.6 is 0 Å². The topological polar surface area (TPSA) is 84.7 Å². The van der Waals surface area contributed by atoms with Crippen LogP contribution in [-0.4, -0.2) is 21.3 Å². The molecule has 0 unspecified atom stereocenters. The average molecular weight is 215 g/mol. The molecule has 5 nitrogen and oxygen atoms in total. The van der Waals surface area contributed by atoms with E-state index in [0.717, 1.165) is 11.3 Å². The molecule has 0 fully saturated rings. The van der Waals surface area contributed by atoms with Crippen LogP contribution in [0.5, 0.6) is 0 Å². The van der Waals surface area contributed by atoms with Gasteiger partial charge in [0, 0.05) is 12.0 Å². The first-order chi connectivity index (χ1) is 7.68.